The highest BCUT2D eigenvalue weighted by molar-refractivity contribution is 5.57. The molecule has 0 fully saturated rings. The van der Waals surface area contributed by atoms with Crippen LogP contribution >= 0.6 is 0 Å². The van der Waals surface area contributed by atoms with E-state index < -0.39 is 0 Å². The van der Waals surface area contributed by atoms with Gasteiger partial charge in [0.2, 0.25) is 0 Å². The van der Waals surface area contributed by atoms with E-state index in [-0.39, 0.29) is 0 Å². The number of ether oxygens (including phenoxy) is 2. The largest absolute Gasteiger partial charge is 0.493 e. The zero-order valence-electron chi connectivity index (χ0n) is 10.4. The molecule has 0 amide bonds. The molecule has 0 unspecified atom stereocenters. The van der Waals surface area contributed by atoms with Crippen molar-refractivity contribution >= 4 is 6.08 Å². The Morgan fingerprint density at radius 1 is 1.35 bits per heavy atom. The van der Waals surface area contributed by atoms with E-state index in [0.29, 0.717) is 24.0 Å². The Hall–Kier alpha value is -1.95. The molecule has 3 nitrogen and oxygen atoms in total. The van der Waals surface area contributed by atoms with Gasteiger partial charge in [0.15, 0.2) is 11.5 Å². The molecule has 0 bridgehead atoms. The molecular weight excluding hydrogens is 214 g/mol. The molecule has 1 aromatic rings. The molecule has 0 saturated carbocycles. The van der Waals surface area contributed by atoms with Gasteiger partial charge in [-0.05, 0) is 29.7 Å². The van der Waals surface area contributed by atoms with E-state index in [0.717, 1.165) is 5.56 Å². The molecule has 0 spiro atoms. The fourth-order valence-electron chi connectivity index (χ4n) is 1.30. The molecule has 0 atom stereocenters. The van der Waals surface area contributed by atoms with Crippen LogP contribution in [0.5, 0.6) is 11.5 Å². The minimum Gasteiger partial charge on any atom is -0.493 e. The fourth-order valence-corrected chi connectivity index (χ4v) is 1.30. The average molecular weight is 231 g/mol. The van der Waals surface area contributed by atoms with Gasteiger partial charge in [-0.2, -0.15) is 5.26 Å². The summed E-state index contributed by atoms with van der Waals surface area (Å²) in [6, 6.07) is 7.56. The summed E-state index contributed by atoms with van der Waals surface area (Å²) in [6.45, 7) is 4.82. The molecule has 17 heavy (non-hydrogen) atoms. The van der Waals surface area contributed by atoms with Gasteiger partial charge in [-0.1, -0.05) is 19.9 Å². The number of allylic oxidation sites excluding steroid dienone is 1. The van der Waals surface area contributed by atoms with Gasteiger partial charge in [0.05, 0.1) is 19.8 Å². The van der Waals surface area contributed by atoms with Gasteiger partial charge in [-0.25, -0.2) is 0 Å². The van der Waals surface area contributed by atoms with E-state index in [1.165, 1.54) is 6.08 Å². The monoisotopic (exact) mass is 231 g/mol. The van der Waals surface area contributed by atoms with Gasteiger partial charge < -0.3 is 9.47 Å². The molecule has 0 N–H and O–H groups in total. The summed E-state index contributed by atoms with van der Waals surface area (Å²) >= 11 is 0. The molecule has 0 aromatic heterocycles. The summed E-state index contributed by atoms with van der Waals surface area (Å²) in [5, 5.41) is 8.48. The first-order valence-electron chi connectivity index (χ1n) is 5.54. The maximum Gasteiger partial charge on any atom is 0.161 e. The van der Waals surface area contributed by atoms with Crippen LogP contribution in [-0.2, 0) is 0 Å². The van der Waals surface area contributed by atoms with Gasteiger partial charge in [-0.15, -0.1) is 0 Å². The Kier molecular flexibility index (Phi) is 5.09. The van der Waals surface area contributed by atoms with Crippen molar-refractivity contribution in [2.24, 2.45) is 5.92 Å². The highest BCUT2D eigenvalue weighted by Crippen LogP contribution is 2.28. The number of rotatable bonds is 5. The normalized spacial score (nSPS) is 10.5. The summed E-state index contributed by atoms with van der Waals surface area (Å²) in [6.07, 6.45) is 3.18. The molecule has 90 valence electrons. The number of methoxy groups -OCH3 is 1. The highest BCUT2D eigenvalue weighted by atomic mass is 16.5. The van der Waals surface area contributed by atoms with Gasteiger partial charge in [0, 0.05) is 6.08 Å². The van der Waals surface area contributed by atoms with Crippen molar-refractivity contribution in [3.63, 3.8) is 0 Å². The summed E-state index contributed by atoms with van der Waals surface area (Å²) in [4.78, 5) is 0. The predicted octanol–water partition coefficient (Wildman–Crippen LogP) is 3.27. The van der Waals surface area contributed by atoms with Crippen LogP contribution in [0, 0.1) is 17.2 Å². The van der Waals surface area contributed by atoms with Crippen LogP contribution in [0.4, 0.5) is 0 Å². The van der Waals surface area contributed by atoms with Crippen LogP contribution in [0.25, 0.3) is 6.08 Å². The van der Waals surface area contributed by atoms with Crippen molar-refractivity contribution < 1.29 is 9.47 Å². The van der Waals surface area contributed by atoms with Crippen molar-refractivity contribution in [1.29, 1.82) is 5.26 Å². The quantitative estimate of drug-likeness (QED) is 0.730. The number of hydrogen-bond acceptors (Lipinski definition) is 3. The van der Waals surface area contributed by atoms with Crippen molar-refractivity contribution in [2.45, 2.75) is 13.8 Å². The third-order valence-corrected chi connectivity index (χ3v) is 2.11. The van der Waals surface area contributed by atoms with E-state index in [2.05, 4.69) is 13.8 Å². The number of benzene rings is 1. The molecule has 1 rings (SSSR count). The van der Waals surface area contributed by atoms with Crippen molar-refractivity contribution in [1.82, 2.24) is 0 Å². The van der Waals surface area contributed by atoms with Crippen molar-refractivity contribution in [3.8, 4) is 17.6 Å². The minimum absolute atomic E-state index is 0.456. The lowest BCUT2D eigenvalue weighted by atomic mass is 10.2. The lowest BCUT2D eigenvalue weighted by Gasteiger charge is -2.12. The van der Waals surface area contributed by atoms with Gasteiger partial charge in [0.25, 0.3) is 0 Å². The first-order valence-corrected chi connectivity index (χ1v) is 5.54. The van der Waals surface area contributed by atoms with Crippen LogP contribution in [0.1, 0.15) is 19.4 Å². The third kappa shape index (κ3) is 4.20. The summed E-state index contributed by atoms with van der Waals surface area (Å²) in [7, 11) is 1.61. The molecular formula is C14H17NO2. The molecule has 3 heteroatoms. The topological polar surface area (TPSA) is 42.2 Å². The van der Waals surface area contributed by atoms with E-state index in [9.17, 15) is 0 Å². The second-order valence-electron chi connectivity index (χ2n) is 4.08. The van der Waals surface area contributed by atoms with Crippen LogP contribution < -0.4 is 9.47 Å². The highest BCUT2D eigenvalue weighted by Gasteiger charge is 2.05. The predicted molar refractivity (Wildman–Crippen MR) is 68.0 cm³/mol. The Morgan fingerprint density at radius 3 is 2.71 bits per heavy atom. The number of nitrogens with zero attached hydrogens (tertiary/aromatic N) is 1. The first kappa shape index (κ1) is 13.1. The number of hydrogen-bond donors (Lipinski definition) is 0. The zero-order chi connectivity index (χ0) is 12.7. The van der Waals surface area contributed by atoms with Gasteiger partial charge >= 0.3 is 0 Å². The van der Waals surface area contributed by atoms with E-state index in [4.69, 9.17) is 14.7 Å². The molecule has 1 aromatic carbocycles. The van der Waals surface area contributed by atoms with E-state index in [1.807, 2.05) is 24.3 Å². The van der Waals surface area contributed by atoms with Crippen LogP contribution in [-0.4, -0.2) is 13.7 Å². The Labute approximate surface area is 102 Å². The lowest BCUT2D eigenvalue weighted by molar-refractivity contribution is 0.257. The van der Waals surface area contributed by atoms with Gasteiger partial charge in [0.1, 0.15) is 0 Å². The molecule has 0 saturated heterocycles. The third-order valence-electron chi connectivity index (χ3n) is 2.11. The first-order chi connectivity index (χ1) is 8.17. The van der Waals surface area contributed by atoms with Crippen LogP contribution in [0.2, 0.25) is 0 Å². The van der Waals surface area contributed by atoms with E-state index in [1.54, 1.807) is 13.2 Å². The fraction of sp³-hybridized carbons (Fsp3) is 0.357. The smallest absolute Gasteiger partial charge is 0.161 e. The maximum absolute atomic E-state index is 8.48. The lowest BCUT2D eigenvalue weighted by Crippen LogP contribution is -2.05. The Bertz CT molecular complexity index is 430. The molecule has 0 aliphatic rings. The van der Waals surface area contributed by atoms with Crippen molar-refractivity contribution in [3.05, 3.63) is 29.8 Å². The second kappa shape index (κ2) is 6.59. The SMILES string of the molecule is COc1ccc(/C=C/C#N)cc1OCC(C)C. The molecule has 0 aliphatic carbocycles. The number of nitriles is 1. The Balaban J connectivity index is 2.90. The Morgan fingerprint density at radius 2 is 2.12 bits per heavy atom. The standard InChI is InChI=1S/C14H17NO2/c1-11(2)10-17-14-9-12(5-4-8-15)6-7-13(14)16-3/h4-7,9,11H,10H2,1-3H3/b5-4+. The van der Waals surface area contributed by atoms with E-state index >= 15 is 0 Å². The molecule has 0 heterocycles. The maximum atomic E-state index is 8.48. The summed E-state index contributed by atoms with van der Waals surface area (Å²) < 4.78 is 10.9. The second-order valence-corrected chi connectivity index (χ2v) is 4.08. The van der Waals surface area contributed by atoms with Gasteiger partial charge in [-0.3, -0.25) is 0 Å². The molecule has 0 aliphatic heterocycles. The zero-order valence-corrected chi connectivity index (χ0v) is 10.4. The van der Waals surface area contributed by atoms with Crippen LogP contribution in [0.15, 0.2) is 24.3 Å². The average Bonchev–Trinajstić information content (AvgIpc) is 2.33. The minimum atomic E-state index is 0.456. The summed E-state index contributed by atoms with van der Waals surface area (Å²) in [5.41, 5.74) is 0.922. The molecule has 0 radical (unpaired) electrons. The summed E-state index contributed by atoms with van der Waals surface area (Å²) in [5.74, 6) is 1.87. The van der Waals surface area contributed by atoms with Crippen molar-refractivity contribution in [2.75, 3.05) is 13.7 Å². The van der Waals surface area contributed by atoms with Crippen LogP contribution in [0.3, 0.4) is 0 Å².